The van der Waals surface area contributed by atoms with Crippen LogP contribution in [0.3, 0.4) is 0 Å². The number of piperazine rings is 1. The van der Waals surface area contributed by atoms with Crippen LogP contribution in [0.5, 0.6) is 0 Å². The van der Waals surface area contributed by atoms with Crippen molar-refractivity contribution >= 4 is 11.6 Å². The molecule has 2 aliphatic rings. The summed E-state index contributed by atoms with van der Waals surface area (Å²) in [5, 5.41) is 0. The van der Waals surface area contributed by atoms with E-state index in [-0.39, 0.29) is 6.04 Å². The summed E-state index contributed by atoms with van der Waals surface area (Å²) in [4.78, 5) is 24.6. The molecule has 2 aromatic rings. The Hall–Kier alpha value is -1.92. The van der Waals surface area contributed by atoms with Gasteiger partial charge in [-0.3, -0.25) is 14.6 Å². The van der Waals surface area contributed by atoms with Gasteiger partial charge < -0.3 is 9.30 Å². The van der Waals surface area contributed by atoms with Crippen molar-refractivity contribution in [3.8, 4) is 0 Å². The number of hydrogen-bond acceptors (Lipinski definition) is 4. The molecule has 2 aromatic heterocycles. The number of pyridine rings is 1. The Kier molecular flexibility index (Phi) is 5.69. The highest BCUT2D eigenvalue weighted by Gasteiger charge is 2.32. The molecule has 0 radical (unpaired) electrons. The van der Waals surface area contributed by atoms with Gasteiger partial charge in [0.2, 0.25) is 5.91 Å². The number of carbonyl (C=O) groups is 1. The minimum Gasteiger partial charge on any atom is -0.341 e. The predicted octanol–water partition coefficient (Wildman–Crippen LogP) is 2.34. The van der Waals surface area contributed by atoms with Crippen molar-refractivity contribution in [2.45, 2.75) is 39.8 Å². The topological polar surface area (TPSA) is 44.1 Å². The zero-order valence-electron chi connectivity index (χ0n) is 17.4. The molecule has 0 bridgehead atoms. The van der Waals surface area contributed by atoms with Gasteiger partial charge in [-0.05, 0) is 37.3 Å². The van der Waals surface area contributed by atoms with Crippen molar-refractivity contribution in [1.29, 1.82) is 0 Å². The number of rotatable bonds is 4. The highest BCUT2D eigenvalue weighted by Crippen LogP contribution is 2.22. The normalized spacial score (nSPS) is 25.9. The van der Waals surface area contributed by atoms with E-state index in [2.05, 4.69) is 46.1 Å². The van der Waals surface area contributed by atoms with Crippen LogP contribution in [-0.2, 0) is 11.3 Å². The van der Waals surface area contributed by atoms with Crippen LogP contribution in [0.15, 0.2) is 30.6 Å². The molecule has 0 N–H and O–H groups in total. The fourth-order valence-electron chi connectivity index (χ4n) is 4.86. The molecule has 2 saturated heterocycles. The van der Waals surface area contributed by atoms with Gasteiger partial charge in [0, 0.05) is 58.2 Å². The van der Waals surface area contributed by atoms with E-state index in [4.69, 9.17) is 4.98 Å². The molecule has 1 amide bonds. The van der Waals surface area contributed by atoms with E-state index in [0.29, 0.717) is 17.7 Å². The van der Waals surface area contributed by atoms with E-state index in [0.717, 1.165) is 57.2 Å². The Bertz CT molecular complexity index is 767. The van der Waals surface area contributed by atoms with E-state index in [1.54, 1.807) is 0 Å². The highest BCUT2D eigenvalue weighted by atomic mass is 16.2. The second kappa shape index (κ2) is 8.21. The van der Waals surface area contributed by atoms with Gasteiger partial charge in [0.15, 0.2) is 0 Å². The lowest BCUT2D eigenvalue weighted by Gasteiger charge is -2.41. The third-order valence-corrected chi connectivity index (χ3v) is 6.29. The van der Waals surface area contributed by atoms with Crippen LogP contribution >= 0.6 is 0 Å². The summed E-state index contributed by atoms with van der Waals surface area (Å²) in [6.07, 6.45) is 5.39. The summed E-state index contributed by atoms with van der Waals surface area (Å²) in [5.74, 6) is 1.54. The Morgan fingerprint density at radius 2 is 1.86 bits per heavy atom. The Morgan fingerprint density at radius 3 is 2.54 bits per heavy atom. The predicted molar refractivity (Wildman–Crippen MR) is 111 cm³/mol. The maximum absolute atomic E-state index is 13.0. The van der Waals surface area contributed by atoms with Crippen LogP contribution in [0.1, 0.15) is 32.9 Å². The average molecular weight is 384 g/mol. The van der Waals surface area contributed by atoms with Crippen LogP contribution < -0.4 is 0 Å². The SMILES string of the molecule is CC1CC(C)CN(C(=O)C(C)N2CCN(Cc3cn4ccccc4n3)CC2)C1. The van der Waals surface area contributed by atoms with Crippen LogP contribution in [0.2, 0.25) is 0 Å². The van der Waals surface area contributed by atoms with E-state index in [9.17, 15) is 4.79 Å². The first-order chi connectivity index (χ1) is 13.5. The molecule has 6 heteroatoms. The second-order valence-corrected chi connectivity index (χ2v) is 8.88. The number of likely N-dealkylation sites (tertiary alicyclic amines) is 1. The number of imidazole rings is 1. The number of nitrogens with zero attached hydrogens (tertiary/aromatic N) is 5. The lowest BCUT2D eigenvalue weighted by atomic mass is 9.91. The van der Waals surface area contributed by atoms with Crippen LogP contribution in [0.25, 0.3) is 5.65 Å². The first-order valence-corrected chi connectivity index (χ1v) is 10.7. The van der Waals surface area contributed by atoms with Crippen molar-refractivity contribution in [3.63, 3.8) is 0 Å². The monoisotopic (exact) mass is 383 g/mol. The molecule has 0 aliphatic carbocycles. The average Bonchev–Trinajstić information content (AvgIpc) is 3.09. The molecule has 3 unspecified atom stereocenters. The molecule has 152 valence electrons. The number of carbonyl (C=O) groups excluding carboxylic acids is 1. The fraction of sp³-hybridized carbons (Fsp3) is 0.636. The lowest BCUT2D eigenvalue weighted by Crippen LogP contribution is -2.56. The zero-order valence-corrected chi connectivity index (χ0v) is 17.4. The molecule has 3 atom stereocenters. The Morgan fingerprint density at radius 1 is 1.14 bits per heavy atom. The van der Waals surface area contributed by atoms with Crippen LogP contribution in [0, 0.1) is 11.8 Å². The smallest absolute Gasteiger partial charge is 0.239 e. The third-order valence-electron chi connectivity index (χ3n) is 6.29. The van der Waals surface area contributed by atoms with Gasteiger partial charge in [0.25, 0.3) is 0 Å². The minimum absolute atomic E-state index is 0.0187. The van der Waals surface area contributed by atoms with E-state index in [1.807, 2.05) is 24.4 Å². The van der Waals surface area contributed by atoms with Crippen molar-refractivity contribution in [2.75, 3.05) is 39.3 Å². The summed E-state index contributed by atoms with van der Waals surface area (Å²) in [6, 6.07) is 6.07. The number of piperidine rings is 1. The van der Waals surface area contributed by atoms with Crippen molar-refractivity contribution in [3.05, 3.63) is 36.3 Å². The van der Waals surface area contributed by atoms with Crippen molar-refractivity contribution in [2.24, 2.45) is 11.8 Å². The third kappa shape index (κ3) is 4.23. The van der Waals surface area contributed by atoms with Gasteiger partial charge in [0.05, 0.1) is 11.7 Å². The summed E-state index contributed by atoms with van der Waals surface area (Å²) < 4.78 is 2.08. The maximum atomic E-state index is 13.0. The molecule has 4 rings (SSSR count). The summed E-state index contributed by atoms with van der Waals surface area (Å²) in [6.45, 7) is 13.2. The lowest BCUT2D eigenvalue weighted by molar-refractivity contribution is -0.139. The van der Waals surface area contributed by atoms with E-state index >= 15 is 0 Å². The molecular weight excluding hydrogens is 350 g/mol. The summed E-state index contributed by atoms with van der Waals surface area (Å²) in [5.41, 5.74) is 2.11. The minimum atomic E-state index is -0.0187. The summed E-state index contributed by atoms with van der Waals surface area (Å²) in [7, 11) is 0. The fourth-order valence-corrected chi connectivity index (χ4v) is 4.86. The molecule has 0 aromatic carbocycles. The first-order valence-electron chi connectivity index (χ1n) is 10.7. The van der Waals surface area contributed by atoms with Crippen LogP contribution in [-0.4, -0.2) is 75.3 Å². The quantitative estimate of drug-likeness (QED) is 0.813. The standard InChI is InChI=1S/C22H33N5O/c1-17-12-18(2)14-27(13-17)22(28)19(3)25-10-8-24(9-11-25)15-20-16-26-7-5-4-6-21(26)23-20/h4-7,16-19H,8-15H2,1-3H3. The number of fused-ring (bicyclic) bond motifs is 1. The van der Waals surface area contributed by atoms with Gasteiger partial charge in [-0.25, -0.2) is 4.98 Å². The zero-order chi connectivity index (χ0) is 19.7. The molecule has 6 nitrogen and oxygen atoms in total. The number of aromatic nitrogens is 2. The molecule has 2 fully saturated rings. The highest BCUT2D eigenvalue weighted by molar-refractivity contribution is 5.81. The molecule has 0 saturated carbocycles. The summed E-state index contributed by atoms with van der Waals surface area (Å²) >= 11 is 0. The molecule has 4 heterocycles. The van der Waals surface area contributed by atoms with Crippen LogP contribution in [0.4, 0.5) is 0 Å². The number of amides is 1. The van der Waals surface area contributed by atoms with Gasteiger partial charge in [-0.15, -0.1) is 0 Å². The molecule has 28 heavy (non-hydrogen) atoms. The van der Waals surface area contributed by atoms with Gasteiger partial charge in [-0.1, -0.05) is 19.9 Å². The van der Waals surface area contributed by atoms with E-state index in [1.165, 1.54) is 6.42 Å². The van der Waals surface area contributed by atoms with Gasteiger partial charge in [0.1, 0.15) is 5.65 Å². The Labute approximate surface area is 168 Å². The molecule has 2 aliphatic heterocycles. The van der Waals surface area contributed by atoms with Crippen molar-refractivity contribution in [1.82, 2.24) is 24.1 Å². The maximum Gasteiger partial charge on any atom is 0.239 e. The largest absolute Gasteiger partial charge is 0.341 e. The molecule has 0 spiro atoms. The van der Waals surface area contributed by atoms with Gasteiger partial charge >= 0.3 is 0 Å². The first kappa shape index (κ1) is 19.4. The molecular formula is C22H33N5O. The number of hydrogen-bond donors (Lipinski definition) is 0. The van der Waals surface area contributed by atoms with Gasteiger partial charge in [-0.2, -0.15) is 0 Å². The van der Waals surface area contributed by atoms with Crippen molar-refractivity contribution < 1.29 is 4.79 Å². The Balaban J connectivity index is 1.30. The van der Waals surface area contributed by atoms with E-state index < -0.39 is 0 Å². The second-order valence-electron chi connectivity index (χ2n) is 8.88.